The standard InChI is InChI=1S/C16H21N5OS/c1-11-3-5-21(6-4-11)9-13-10-23-16(19-13)20-15(22)14-8-17-12(2)7-18-14/h7-8,10-11H,3-6,9H2,1-2H3,(H,19,20,22). The summed E-state index contributed by atoms with van der Waals surface area (Å²) in [5.74, 6) is 0.553. The van der Waals surface area contributed by atoms with Gasteiger partial charge in [-0.05, 0) is 38.8 Å². The summed E-state index contributed by atoms with van der Waals surface area (Å²) in [4.78, 5) is 27.2. The number of aryl methyl sites for hydroxylation is 1. The number of carbonyl (C=O) groups excluding carboxylic acids is 1. The number of nitrogens with zero attached hydrogens (tertiary/aromatic N) is 4. The third kappa shape index (κ3) is 4.33. The van der Waals surface area contributed by atoms with Crippen LogP contribution in [0.2, 0.25) is 0 Å². The van der Waals surface area contributed by atoms with Gasteiger partial charge >= 0.3 is 0 Å². The number of hydrogen-bond acceptors (Lipinski definition) is 6. The highest BCUT2D eigenvalue weighted by molar-refractivity contribution is 7.13. The molecule has 23 heavy (non-hydrogen) atoms. The molecular weight excluding hydrogens is 310 g/mol. The van der Waals surface area contributed by atoms with Gasteiger partial charge < -0.3 is 0 Å². The first-order chi connectivity index (χ1) is 11.1. The maximum absolute atomic E-state index is 12.1. The summed E-state index contributed by atoms with van der Waals surface area (Å²) in [5.41, 5.74) is 2.10. The summed E-state index contributed by atoms with van der Waals surface area (Å²) in [5, 5.41) is 5.41. The Balaban J connectivity index is 1.56. The van der Waals surface area contributed by atoms with Gasteiger partial charge in [0.15, 0.2) is 5.13 Å². The van der Waals surface area contributed by atoms with Gasteiger partial charge in [-0.2, -0.15) is 0 Å². The van der Waals surface area contributed by atoms with E-state index >= 15 is 0 Å². The van der Waals surface area contributed by atoms with Crippen LogP contribution in [0.4, 0.5) is 5.13 Å². The van der Waals surface area contributed by atoms with Crippen molar-refractivity contribution in [3.05, 3.63) is 34.9 Å². The normalized spacial score (nSPS) is 16.4. The van der Waals surface area contributed by atoms with Crippen LogP contribution < -0.4 is 5.32 Å². The predicted octanol–water partition coefficient (Wildman–Crippen LogP) is 2.73. The van der Waals surface area contributed by atoms with Crippen LogP contribution in [-0.2, 0) is 6.54 Å². The topological polar surface area (TPSA) is 71.0 Å². The molecule has 1 aliphatic heterocycles. The Labute approximate surface area is 140 Å². The van der Waals surface area contributed by atoms with Crippen molar-refractivity contribution in [2.75, 3.05) is 18.4 Å². The van der Waals surface area contributed by atoms with Crippen molar-refractivity contribution >= 4 is 22.4 Å². The van der Waals surface area contributed by atoms with E-state index in [2.05, 4.69) is 32.1 Å². The van der Waals surface area contributed by atoms with Gasteiger partial charge in [0, 0.05) is 18.1 Å². The zero-order chi connectivity index (χ0) is 16.2. The lowest BCUT2D eigenvalue weighted by Crippen LogP contribution is -2.32. The van der Waals surface area contributed by atoms with Crippen molar-refractivity contribution < 1.29 is 4.79 Å². The Hall–Kier alpha value is -1.86. The number of hydrogen-bond donors (Lipinski definition) is 1. The third-order valence-electron chi connectivity index (χ3n) is 4.05. The smallest absolute Gasteiger partial charge is 0.277 e. The molecule has 1 aliphatic rings. The van der Waals surface area contributed by atoms with Crippen molar-refractivity contribution in [2.45, 2.75) is 33.2 Å². The maximum Gasteiger partial charge on any atom is 0.277 e. The lowest BCUT2D eigenvalue weighted by molar-refractivity contribution is 0.102. The van der Waals surface area contributed by atoms with Crippen molar-refractivity contribution in [3.8, 4) is 0 Å². The van der Waals surface area contributed by atoms with Gasteiger partial charge in [-0.15, -0.1) is 11.3 Å². The fourth-order valence-electron chi connectivity index (χ4n) is 2.56. The lowest BCUT2D eigenvalue weighted by atomic mass is 9.99. The minimum absolute atomic E-state index is 0.273. The molecule has 0 aromatic carbocycles. The van der Waals surface area contributed by atoms with Gasteiger partial charge in [0.2, 0.25) is 0 Å². The van der Waals surface area contributed by atoms with E-state index in [0.717, 1.165) is 36.9 Å². The third-order valence-corrected chi connectivity index (χ3v) is 4.85. The van der Waals surface area contributed by atoms with Crippen LogP contribution in [0, 0.1) is 12.8 Å². The SMILES string of the molecule is Cc1cnc(C(=O)Nc2nc(CN3CCC(C)CC3)cs2)cn1. The molecule has 1 amide bonds. The molecule has 2 aromatic rings. The van der Waals surface area contributed by atoms with Crippen LogP contribution in [0.25, 0.3) is 0 Å². The first-order valence-corrected chi connectivity index (χ1v) is 8.75. The maximum atomic E-state index is 12.1. The second-order valence-electron chi connectivity index (χ2n) is 6.10. The van der Waals surface area contributed by atoms with Crippen LogP contribution in [0.15, 0.2) is 17.8 Å². The van der Waals surface area contributed by atoms with Gasteiger partial charge in [-0.1, -0.05) is 6.92 Å². The van der Waals surface area contributed by atoms with Gasteiger partial charge in [0.25, 0.3) is 5.91 Å². The minimum Gasteiger partial charge on any atom is -0.297 e. The van der Waals surface area contributed by atoms with E-state index in [1.165, 1.54) is 30.4 Å². The number of likely N-dealkylation sites (tertiary alicyclic amines) is 1. The zero-order valence-corrected chi connectivity index (χ0v) is 14.3. The molecule has 0 spiro atoms. The highest BCUT2D eigenvalue weighted by Gasteiger charge is 2.17. The van der Waals surface area contributed by atoms with E-state index in [0.29, 0.717) is 10.8 Å². The Morgan fingerprint density at radius 2 is 2.13 bits per heavy atom. The van der Waals surface area contributed by atoms with E-state index in [1.807, 2.05) is 12.3 Å². The Kier molecular flexibility index (Phi) is 4.97. The van der Waals surface area contributed by atoms with E-state index < -0.39 is 0 Å². The molecule has 0 radical (unpaired) electrons. The van der Waals surface area contributed by atoms with Crippen molar-refractivity contribution in [1.29, 1.82) is 0 Å². The van der Waals surface area contributed by atoms with Gasteiger partial charge in [0.1, 0.15) is 5.69 Å². The molecule has 1 fully saturated rings. The molecule has 0 unspecified atom stereocenters. The summed E-state index contributed by atoms with van der Waals surface area (Å²) in [6, 6.07) is 0. The number of piperidine rings is 1. The number of thiazole rings is 1. The molecule has 0 saturated carbocycles. The second-order valence-corrected chi connectivity index (χ2v) is 6.96. The van der Waals surface area contributed by atoms with E-state index in [-0.39, 0.29) is 5.91 Å². The minimum atomic E-state index is -0.273. The van der Waals surface area contributed by atoms with Crippen LogP contribution in [0.5, 0.6) is 0 Å². The molecule has 0 bridgehead atoms. The van der Waals surface area contributed by atoms with Gasteiger partial charge in [0.05, 0.1) is 17.6 Å². The number of rotatable bonds is 4. The molecular formula is C16H21N5OS. The van der Waals surface area contributed by atoms with Crippen molar-refractivity contribution in [3.63, 3.8) is 0 Å². The molecule has 7 heteroatoms. The zero-order valence-electron chi connectivity index (χ0n) is 13.5. The largest absolute Gasteiger partial charge is 0.297 e. The molecule has 1 N–H and O–H groups in total. The summed E-state index contributed by atoms with van der Waals surface area (Å²) in [7, 11) is 0. The summed E-state index contributed by atoms with van der Waals surface area (Å²) in [6.45, 7) is 7.24. The van der Waals surface area contributed by atoms with E-state index in [4.69, 9.17) is 0 Å². The van der Waals surface area contributed by atoms with Crippen molar-refractivity contribution in [1.82, 2.24) is 19.9 Å². The molecule has 2 aromatic heterocycles. The first-order valence-electron chi connectivity index (χ1n) is 7.87. The average Bonchev–Trinajstić information content (AvgIpc) is 2.97. The monoisotopic (exact) mass is 331 g/mol. The molecule has 6 nitrogen and oxygen atoms in total. The summed E-state index contributed by atoms with van der Waals surface area (Å²) < 4.78 is 0. The van der Waals surface area contributed by atoms with E-state index in [1.54, 1.807) is 6.20 Å². The van der Waals surface area contributed by atoms with Crippen LogP contribution in [0.3, 0.4) is 0 Å². The predicted molar refractivity (Wildman–Crippen MR) is 90.5 cm³/mol. The quantitative estimate of drug-likeness (QED) is 0.933. The molecule has 1 saturated heterocycles. The fourth-order valence-corrected chi connectivity index (χ4v) is 3.25. The second kappa shape index (κ2) is 7.14. The first kappa shape index (κ1) is 16.0. The Bertz CT molecular complexity index is 661. The van der Waals surface area contributed by atoms with Gasteiger partial charge in [-0.3, -0.25) is 20.0 Å². The molecule has 0 aliphatic carbocycles. The molecule has 0 atom stereocenters. The van der Waals surface area contributed by atoms with Crippen LogP contribution in [0.1, 0.15) is 41.6 Å². The van der Waals surface area contributed by atoms with Gasteiger partial charge in [-0.25, -0.2) is 9.97 Å². The Morgan fingerprint density at radius 1 is 1.35 bits per heavy atom. The fraction of sp³-hybridized carbons (Fsp3) is 0.500. The molecule has 3 heterocycles. The van der Waals surface area contributed by atoms with Crippen LogP contribution in [-0.4, -0.2) is 38.8 Å². The van der Waals surface area contributed by atoms with E-state index in [9.17, 15) is 4.79 Å². The average molecular weight is 331 g/mol. The number of nitrogens with one attached hydrogen (secondary N) is 1. The highest BCUT2D eigenvalue weighted by Crippen LogP contribution is 2.21. The number of aromatic nitrogens is 3. The molecule has 3 rings (SSSR count). The van der Waals surface area contributed by atoms with Crippen LogP contribution >= 0.6 is 11.3 Å². The summed E-state index contributed by atoms with van der Waals surface area (Å²) >= 11 is 1.45. The highest BCUT2D eigenvalue weighted by atomic mass is 32.1. The lowest BCUT2D eigenvalue weighted by Gasteiger charge is -2.29. The van der Waals surface area contributed by atoms with Crippen molar-refractivity contribution in [2.24, 2.45) is 5.92 Å². The summed E-state index contributed by atoms with van der Waals surface area (Å²) in [6.07, 6.45) is 5.56. The number of amides is 1. The Morgan fingerprint density at radius 3 is 2.83 bits per heavy atom. The molecule has 122 valence electrons. The number of carbonyl (C=O) groups is 1. The number of anilines is 1.